The lowest BCUT2D eigenvalue weighted by Crippen LogP contribution is -2.09. The van der Waals surface area contributed by atoms with E-state index in [0.29, 0.717) is 9.50 Å². The summed E-state index contributed by atoms with van der Waals surface area (Å²) in [7, 11) is 0. The monoisotopic (exact) mass is 384 g/mol. The van der Waals surface area contributed by atoms with E-state index in [0.717, 1.165) is 6.07 Å². The molecule has 2 nitrogen and oxygen atoms in total. The highest BCUT2D eigenvalue weighted by molar-refractivity contribution is 9.10. The van der Waals surface area contributed by atoms with Gasteiger partial charge < -0.3 is 5.32 Å². The van der Waals surface area contributed by atoms with E-state index in [1.54, 1.807) is 0 Å². The molecule has 0 amide bonds. The molecule has 20 heavy (non-hydrogen) atoms. The summed E-state index contributed by atoms with van der Waals surface area (Å²) in [4.78, 5) is 3.93. The van der Waals surface area contributed by atoms with Crippen molar-refractivity contribution in [1.82, 2.24) is 4.98 Å². The fraction of sp³-hybridized carbons (Fsp3) is 0.0833. The Labute approximate surface area is 131 Å². The molecule has 0 saturated carbocycles. The first-order valence-electron chi connectivity index (χ1n) is 5.22. The van der Waals surface area contributed by atoms with E-state index >= 15 is 0 Å². The Balaban J connectivity index is 2.43. The van der Waals surface area contributed by atoms with Gasteiger partial charge in [0.2, 0.25) is 0 Å². The molecule has 0 aliphatic carbocycles. The molecule has 0 aliphatic rings. The molecule has 1 N–H and O–H groups in total. The van der Waals surface area contributed by atoms with Gasteiger partial charge in [0, 0.05) is 11.2 Å². The summed E-state index contributed by atoms with van der Waals surface area (Å²) in [6.07, 6.45) is -3.19. The van der Waals surface area contributed by atoms with Crippen LogP contribution in [0.2, 0.25) is 10.0 Å². The fourth-order valence-corrected chi connectivity index (χ4v) is 2.40. The van der Waals surface area contributed by atoms with Crippen molar-refractivity contribution in [2.75, 3.05) is 5.32 Å². The van der Waals surface area contributed by atoms with Crippen molar-refractivity contribution in [3.05, 3.63) is 50.5 Å². The van der Waals surface area contributed by atoms with Crippen molar-refractivity contribution in [1.29, 1.82) is 0 Å². The Bertz CT molecular complexity index is 647. The van der Waals surface area contributed by atoms with Gasteiger partial charge in [0.25, 0.3) is 0 Å². The molecular weight excluding hydrogens is 380 g/mol. The minimum absolute atomic E-state index is 0.00556. The summed E-state index contributed by atoms with van der Waals surface area (Å²) in [5.41, 5.74) is -1.01. The molecule has 0 radical (unpaired) electrons. The smallest absolute Gasteiger partial charge is 0.339 e. The molecule has 8 heteroatoms. The Morgan fingerprint density at radius 2 is 1.80 bits per heavy atom. The Morgan fingerprint density at radius 1 is 1.10 bits per heavy atom. The number of nitrogens with zero attached hydrogens (tertiary/aromatic N) is 1. The number of hydrogen-bond donors (Lipinski definition) is 1. The first-order chi connectivity index (χ1) is 9.27. The molecule has 1 aromatic heterocycles. The van der Waals surface area contributed by atoms with Crippen LogP contribution in [-0.2, 0) is 6.18 Å². The standard InChI is InChI=1S/C12H6BrCl2F3N2/c13-9-4-7(15)5-19-11(9)20-10-2-1-6(14)3-8(10)12(16,17)18/h1-5H,(H,19,20). The Morgan fingerprint density at radius 3 is 2.40 bits per heavy atom. The van der Waals surface area contributed by atoms with Gasteiger partial charge in [-0.1, -0.05) is 23.2 Å². The number of nitrogens with one attached hydrogen (secondary N) is 1. The molecule has 106 valence electrons. The minimum atomic E-state index is -4.52. The van der Waals surface area contributed by atoms with E-state index in [1.165, 1.54) is 24.4 Å². The van der Waals surface area contributed by atoms with Crippen LogP contribution in [0.25, 0.3) is 0 Å². The Hall–Kier alpha value is -0.980. The number of halogens is 6. The maximum Gasteiger partial charge on any atom is 0.418 e. The second kappa shape index (κ2) is 5.79. The molecule has 0 saturated heterocycles. The van der Waals surface area contributed by atoms with Gasteiger partial charge in [0.15, 0.2) is 0 Å². The zero-order valence-corrected chi connectivity index (χ0v) is 12.7. The summed E-state index contributed by atoms with van der Waals surface area (Å²) in [5.74, 6) is 0.224. The van der Waals surface area contributed by atoms with Crippen LogP contribution in [0.15, 0.2) is 34.9 Å². The van der Waals surface area contributed by atoms with E-state index < -0.39 is 11.7 Å². The summed E-state index contributed by atoms with van der Waals surface area (Å²) >= 11 is 14.5. The second-order valence-corrected chi connectivity index (χ2v) is 5.52. The minimum Gasteiger partial charge on any atom is -0.339 e. The summed E-state index contributed by atoms with van der Waals surface area (Å²) in [5, 5.41) is 2.98. The number of pyridine rings is 1. The molecule has 0 bridgehead atoms. The van der Waals surface area contributed by atoms with Gasteiger partial charge in [-0.3, -0.25) is 0 Å². The van der Waals surface area contributed by atoms with Crippen LogP contribution in [0.4, 0.5) is 24.7 Å². The number of hydrogen-bond acceptors (Lipinski definition) is 2. The van der Waals surface area contributed by atoms with Crippen molar-refractivity contribution in [2.45, 2.75) is 6.18 Å². The van der Waals surface area contributed by atoms with E-state index in [2.05, 4.69) is 26.2 Å². The zero-order valence-electron chi connectivity index (χ0n) is 9.60. The molecular formula is C12H6BrCl2F3N2. The Kier molecular flexibility index (Phi) is 4.46. The zero-order chi connectivity index (χ0) is 14.9. The van der Waals surface area contributed by atoms with Crippen LogP contribution < -0.4 is 5.32 Å². The third kappa shape index (κ3) is 3.56. The van der Waals surface area contributed by atoms with Crippen molar-refractivity contribution in [3.63, 3.8) is 0 Å². The summed E-state index contributed by atoms with van der Waals surface area (Å²) < 4.78 is 39.3. The highest BCUT2D eigenvalue weighted by Crippen LogP contribution is 2.38. The number of benzene rings is 1. The van der Waals surface area contributed by atoms with Crippen molar-refractivity contribution >= 4 is 50.6 Å². The van der Waals surface area contributed by atoms with Gasteiger partial charge in [0.05, 0.1) is 20.7 Å². The fourth-order valence-electron chi connectivity index (χ4n) is 1.49. The number of rotatable bonds is 2. The molecule has 2 aromatic rings. The van der Waals surface area contributed by atoms with Crippen molar-refractivity contribution in [2.24, 2.45) is 0 Å². The van der Waals surface area contributed by atoms with Gasteiger partial charge in [-0.2, -0.15) is 13.2 Å². The third-order valence-electron chi connectivity index (χ3n) is 2.35. The largest absolute Gasteiger partial charge is 0.418 e. The molecule has 1 heterocycles. The lowest BCUT2D eigenvalue weighted by molar-refractivity contribution is -0.136. The number of alkyl halides is 3. The highest BCUT2D eigenvalue weighted by atomic mass is 79.9. The molecule has 0 spiro atoms. The summed E-state index contributed by atoms with van der Waals surface area (Å²) in [6, 6.07) is 4.99. The number of anilines is 2. The molecule has 0 aliphatic heterocycles. The summed E-state index contributed by atoms with van der Waals surface area (Å²) in [6.45, 7) is 0. The van der Waals surface area contributed by atoms with Crippen molar-refractivity contribution < 1.29 is 13.2 Å². The quantitative estimate of drug-likeness (QED) is 0.694. The SMILES string of the molecule is FC(F)(F)c1cc(Cl)ccc1Nc1ncc(Cl)cc1Br. The van der Waals surface area contributed by atoms with Crippen LogP contribution >= 0.6 is 39.1 Å². The first kappa shape index (κ1) is 15.4. The first-order valence-corrected chi connectivity index (χ1v) is 6.77. The molecule has 0 atom stereocenters. The van der Waals surface area contributed by atoms with Gasteiger partial charge in [0.1, 0.15) is 5.82 Å². The van der Waals surface area contributed by atoms with Gasteiger partial charge in [-0.25, -0.2) is 4.98 Å². The van der Waals surface area contributed by atoms with Crippen LogP contribution in [0, 0.1) is 0 Å². The van der Waals surface area contributed by atoms with E-state index in [1.807, 2.05) is 0 Å². The average molecular weight is 386 g/mol. The predicted octanol–water partition coefficient (Wildman–Crippen LogP) is 5.91. The molecule has 1 aromatic carbocycles. The average Bonchev–Trinajstić information content (AvgIpc) is 2.33. The second-order valence-electron chi connectivity index (χ2n) is 3.80. The lowest BCUT2D eigenvalue weighted by Gasteiger charge is -2.15. The number of aromatic nitrogens is 1. The van der Waals surface area contributed by atoms with Crippen LogP contribution in [0.5, 0.6) is 0 Å². The van der Waals surface area contributed by atoms with Gasteiger partial charge in [-0.05, 0) is 40.2 Å². The van der Waals surface area contributed by atoms with E-state index in [-0.39, 0.29) is 16.5 Å². The van der Waals surface area contributed by atoms with E-state index in [9.17, 15) is 13.2 Å². The maximum absolute atomic E-state index is 12.9. The third-order valence-corrected chi connectivity index (χ3v) is 3.39. The lowest BCUT2D eigenvalue weighted by atomic mass is 10.1. The maximum atomic E-state index is 12.9. The van der Waals surface area contributed by atoms with E-state index in [4.69, 9.17) is 23.2 Å². The van der Waals surface area contributed by atoms with Crippen LogP contribution in [0.1, 0.15) is 5.56 Å². The van der Waals surface area contributed by atoms with Crippen LogP contribution in [0.3, 0.4) is 0 Å². The topological polar surface area (TPSA) is 24.9 Å². The highest BCUT2D eigenvalue weighted by Gasteiger charge is 2.34. The molecule has 0 fully saturated rings. The van der Waals surface area contributed by atoms with Gasteiger partial charge >= 0.3 is 6.18 Å². The molecule has 2 rings (SSSR count). The van der Waals surface area contributed by atoms with Crippen molar-refractivity contribution in [3.8, 4) is 0 Å². The van der Waals surface area contributed by atoms with Crippen LogP contribution in [-0.4, -0.2) is 4.98 Å². The molecule has 0 unspecified atom stereocenters. The normalized spacial score (nSPS) is 11.5. The van der Waals surface area contributed by atoms with Gasteiger partial charge in [-0.15, -0.1) is 0 Å². The predicted molar refractivity (Wildman–Crippen MR) is 76.7 cm³/mol.